The highest BCUT2D eigenvalue weighted by Gasteiger charge is 2.03. The lowest BCUT2D eigenvalue weighted by Gasteiger charge is -2.05. The summed E-state index contributed by atoms with van der Waals surface area (Å²) in [6, 6.07) is 0. The highest BCUT2D eigenvalue weighted by molar-refractivity contribution is 8.07. The molecule has 0 saturated carbocycles. The molecule has 0 bridgehead atoms. The molecule has 1 heterocycles. The predicted molar refractivity (Wildman–Crippen MR) is 58.2 cm³/mol. The van der Waals surface area contributed by atoms with E-state index in [-0.39, 0.29) is 0 Å². The summed E-state index contributed by atoms with van der Waals surface area (Å²) in [5, 5.41) is 1.16. The largest absolute Gasteiger partial charge is 0.368 e. The second-order valence-corrected chi connectivity index (χ2v) is 4.27. The van der Waals surface area contributed by atoms with E-state index in [1.165, 1.54) is 0 Å². The second-order valence-electron chi connectivity index (χ2n) is 2.07. The second kappa shape index (κ2) is 3.72. The minimum atomic E-state index is 0.347. The third kappa shape index (κ3) is 2.06. The Morgan fingerprint density at radius 1 is 1.45 bits per heavy atom. The van der Waals surface area contributed by atoms with Crippen LogP contribution < -0.4 is 16.5 Å². The minimum Gasteiger partial charge on any atom is -0.368 e. The van der Waals surface area contributed by atoms with Gasteiger partial charge in [0.2, 0.25) is 5.95 Å². The molecule has 0 aliphatic heterocycles. The molecule has 1 aromatic rings. The molecule has 0 aliphatic carbocycles. The van der Waals surface area contributed by atoms with Crippen LogP contribution in [-0.2, 0) is 0 Å². The smallest absolute Gasteiger partial charge is 0.220 e. The van der Waals surface area contributed by atoms with Crippen LogP contribution in [0.1, 0.15) is 5.69 Å². The van der Waals surface area contributed by atoms with Crippen LogP contribution in [0.15, 0.2) is 0 Å². The lowest BCUT2D eigenvalue weighted by Crippen LogP contribution is -2.22. The molecule has 2 N–H and O–H groups in total. The quantitative estimate of drug-likeness (QED) is 0.654. The van der Waals surface area contributed by atoms with E-state index < -0.39 is 0 Å². The molecular weight excluding hydrogens is 195 g/mol. The molecule has 0 radical (unpaired) electrons. The highest BCUT2D eigenvalue weighted by Crippen LogP contribution is 2.19. The molecule has 0 saturated heterocycles. The summed E-state index contributed by atoms with van der Waals surface area (Å²) in [6.45, 7) is 1.94. The fraction of sp³-hybridized carbons (Fsp3) is 0.200. The van der Waals surface area contributed by atoms with Crippen LogP contribution in [0, 0.1) is 6.92 Å². The zero-order valence-corrected chi connectivity index (χ0v) is 9.44. The van der Waals surface area contributed by atoms with Crippen molar-refractivity contribution >= 4 is 43.1 Å². The third-order valence-corrected chi connectivity index (χ3v) is 3.76. The summed E-state index contributed by atoms with van der Waals surface area (Å²) < 4.78 is 0. The van der Waals surface area contributed by atoms with Gasteiger partial charge in [0.15, 0.2) is 0 Å². The predicted octanol–water partition coefficient (Wildman–Crippen LogP) is -0.0385. The Kier molecular flexibility index (Phi) is 3.13. The van der Waals surface area contributed by atoms with Crippen molar-refractivity contribution < 1.29 is 0 Å². The molecule has 60 valence electrons. The number of hydrogen-bond acceptors (Lipinski definition) is 3. The standard InChI is InChI=1S/C5H10N3P3/c1-2-3(11-10)4(9)8-5(6)7-2/h11H,9-10H2,1H3,(H2,6,7,8). The van der Waals surface area contributed by atoms with Crippen molar-refractivity contribution in [2.24, 2.45) is 0 Å². The van der Waals surface area contributed by atoms with Crippen LogP contribution in [0.5, 0.6) is 0 Å². The molecule has 3 atom stereocenters. The van der Waals surface area contributed by atoms with Gasteiger partial charge in [0.05, 0.1) is 11.1 Å². The Morgan fingerprint density at radius 2 is 2.09 bits per heavy atom. The van der Waals surface area contributed by atoms with Crippen LogP contribution in [-0.4, -0.2) is 9.97 Å². The molecule has 6 heteroatoms. The van der Waals surface area contributed by atoms with Gasteiger partial charge in [-0.25, -0.2) is 9.97 Å². The Hall–Kier alpha value is 0.170. The maximum Gasteiger partial charge on any atom is 0.220 e. The van der Waals surface area contributed by atoms with Crippen molar-refractivity contribution in [3.8, 4) is 0 Å². The van der Waals surface area contributed by atoms with E-state index in [0.717, 1.165) is 16.4 Å². The van der Waals surface area contributed by atoms with Gasteiger partial charge in [0.1, 0.15) is 0 Å². The molecular formula is C5H10N3P3. The average Bonchev–Trinajstić information content (AvgIpc) is 1.85. The Morgan fingerprint density at radius 3 is 2.55 bits per heavy atom. The number of anilines is 1. The van der Waals surface area contributed by atoms with Crippen LogP contribution in [0.4, 0.5) is 5.95 Å². The van der Waals surface area contributed by atoms with Gasteiger partial charge in [-0.2, -0.15) is 0 Å². The van der Waals surface area contributed by atoms with E-state index in [9.17, 15) is 0 Å². The first-order chi connectivity index (χ1) is 5.15. The summed E-state index contributed by atoms with van der Waals surface area (Å²) in [7, 11) is 5.87. The summed E-state index contributed by atoms with van der Waals surface area (Å²) in [5.41, 5.74) is 7.32. The Balaban J connectivity index is 3.25. The van der Waals surface area contributed by atoms with E-state index in [2.05, 4.69) is 28.1 Å². The third-order valence-electron chi connectivity index (χ3n) is 1.28. The number of hydrogen-bond donors (Lipinski definition) is 1. The van der Waals surface area contributed by atoms with Crippen LogP contribution in [0.2, 0.25) is 0 Å². The van der Waals surface area contributed by atoms with Gasteiger partial charge < -0.3 is 5.73 Å². The van der Waals surface area contributed by atoms with E-state index >= 15 is 0 Å². The van der Waals surface area contributed by atoms with E-state index in [4.69, 9.17) is 5.73 Å². The summed E-state index contributed by atoms with van der Waals surface area (Å²) >= 11 is 0. The van der Waals surface area contributed by atoms with Crippen LogP contribution in [0.25, 0.3) is 0 Å². The van der Waals surface area contributed by atoms with Gasteiger partial charge in [0.25, 0.3) is 0 Å². The van der Waals surface area contributed by atoms with Crippen molar-refractivity contribution in [2.75, 3.05) is 5.73 Å². The van der Waals surface area contributed by atoms with Gasteiger partial charge in [0, 0.05) is 5.30 Å². The fourth-order valence-electron chi connectivity index (χ4n) is 0.796. The molecule has 0 aromatic carbocycles. The molecule has 1 rings (SSSR count). The zero-order chi connectivity index (χ0) is 8.43. The molecule has 11 heavy (non-hydrogen) atoms. The topological polar surface area (TPSA) is 51.8 Å². The lowest BCUT2D eigenvalue weighted by molar-refractivity contribution is 1.16. The first kappa shape index (κ1) is 9.26. The molecule has 1 aromatic heterocycles. The lowest BCUT2D eigenvalue weighted by atomic mass is 10.4. The SMILES string of the molecule is Cc1nc(N)nc(P)c1PP. The number of aryl methyl sites for hydroxylation is 1. The number of rotatable bonds is 1. The average molecular weight is 205 g/mol. The summed E-state index contributed by atoms with van der Waals surface area (Å²) in [5.74, 6) is 0.347. The van der Waals surface area contributed by atoms with Gasteiger partial charge >= 0.3 is 0 Å². The monoisotopic (exact) mass is 205 g/mol. The highest BCUT2D eigenvalue weighted by atomic mass is 32.0. The molecule has 3 unspecified atom stereocenters. The summed E-state index contributed by atoms with van der Waals surface area (Å²) in [4.78, 5) is 8.08. The van der Waals surface area contributed by atoms with Gasteiger partial charge in [-0.3, -0.25) is 0 Å². The number of nitrogens with zero attached hydrogens (tertiary/aromatic N) is 2. The van der Waals surface area contributed by atoms with Gasteiger partial charge in [-0.15, -0.1) is 8.93 Å². The number of nitrogen functional groups attached to an aromatic ring is 1. The van der Waals surface area contributed by atoms with Crippen molar-refractivity contribution in [3.05, 3.63) is 5.69 Å². The first-order valence-electron chi connectivity index (χ1n) is 3.01. The molecule has 0 spiro atoms. The van der Waals surface area contributed by atoms with Crippen molar-refractivity contribution in [1.29, 1.82) is 0 Å². The van der Waals surface area contributed by atoms with Crippen LogP contribution in [0.3, 0.4) is 0 Å². The zero-order valence-electron chi connectivity index (χ0n) is 6.13. The Bertz CT molecular complexity index is 253. The maximum absolute atomic E-state index is 5.44. The van der Waals surface area contributed by atoms with Crippen molar-refractivity contribution in [3.63, 3.8) is 0 Å². The van der Waals surface area contributed by atoms with E-state index in [1.54, 1.807) is 0 Å². The maximum atomic E-state index is 5.44. The molecule has 0 amide bonds. The molecule has 0 fully saturated rings. The van der Waals surface area contributed by atoms with Gasteiger partial charge in [-0.1, -0.05) is 17.5 Å². The summed E-state index contributed by atoms with van der Waals surface area (Å²) in [6.07, 6.45) is 0. The normalized spacial score (nSPS) is 11.2. The number of nitrogens with two attached hydrogens (primary N) is 1. The first-order valence-corrected chi connectivity index (χ1v) is 6.40. The van der Waals surface area contributed by atoms with Crippen LogP contribution >= 0.6 is 26.4 Å². The minimum absolute atomic E-state index is 0.347. The molecule has 0 aliphatic rings. The van der Waals surface area contributed by atoms with E-state index in [1.807, 2.05) is 6.92 Å². The fourth-order valence-corrected chi connectivity index (χ4v) is 3.43. The van der Waals surface area contributed by atoms with Gasteiger partial charge in [-0.05, 0) is 6.92 Å². The molecule has 3 nitrogen and oxygen atoms in total. The Labute approximate surface area is 72.0 Å². The van der Waals surface area contributed by atoms with E-state index in [0.29, 0.717) is 14.2 Å². The van der Waals surface area contributed by atoms with Crippen molar-refractivity contribution in [2.45, 2.75) is 6.92 Å². The van der Waals surface area contributed by atoms with Crippen molar-refractivity contribution in [1.82, 2.24) is 9.97 Å². The number of aromatic nitrogens is 2.